The molecule has 3 atom stereocenters. The van der Waals surface area contributed by atoms with Gasteiger partial charge >= 0.3 is 6.03 Å². The number of carbonyl (C=O) groups is 1. The van der Waals surface area contributed by atoms with Gasteiger partial charge in [0.1, 0.15) is 0 Å². The minimum Gasteiger partial charge on any atom is -0.337 e. The molecule has 2 amide bonds. The number of sulfone groups is 1. The first-order valence-electron chi connectivity index (χ1n) is 8.32. The quantitative estimate of drug-likeness (QED) is 0.831. The van der Waals surface area contributed by atoms with E-state index in [0.717, 1.165) is 18.8 Å². The molecule has 1 heterocycles. The van der Waals surface area contributed by atoms with Crippen LogP contribution in [0.2, 0.25) is 0 Å². The zero-order valence-corrected chi connectivity index (χ0v) is 13.3. The van der Waals surface area contributed by atoms with E-state index in [1.165, 1.54) is 32.1 Å². The molecule has 2 saturated carbocycles. The molecule has 0 spiro atoms. The van der Waals surface area contributed by atoms with Crippen LogP contribution in [0.15, 0.2) is 0 Å². The summed E-state index contributed by atoms with van der Waals surface area (Å²) >= 11 is 0. The Morgan fingerprint density at radius 1 is 1.05 bits per heavy atom. The van der Waals surface area contributed by atoms with E-state index in [-0.39, 0.29) is 23.6 Å². The highest BCUT2D eigenvalue weighted by molar-refractivity contribution is 7.92. The second kappa shape index (κ2) is 6.15. The van der Waals surface area contributed by atoms with Crippen molar-refractivity contribution in [1.82, 2.24) is 10.6 Å². The molecule has 6 heteroatoms. The van der Waals surface area contributed by atoms with E-state index in [1.54, 1.807) is 0 Å². The monoisotopic (exact) mass is 314 g/mol. The number of rotatable bonds is 4. The van der Waals surface area contributed by atoms with Gasteiger partial charge in [0.2, 0.25) is 0 Å². The predicted molar refractivity (Wildman–Crippen MR) is 81.8 cm³/mol. The summed E-state index contributed by atoms with van der Waals surface area (Å²) in [7, 11) is -2.97. The molecule has 0 radical (unpaired) electrons. The van der Waals surface area contributed by atoms with Crippen molar-refractivity contribution in [3.8, 4) is 0 Å². The maximum Gasteiger partial charge on any atom is 0.315 e. The highest BCUT2D eigenvalue weighted by atomic mass is 32.2. The second-order valence-corrected chi connectivity index (χ2v) is 9.29. The lowest BCUT2D eigenvalue weighted by atomic mass is 9.85. The van der Waals surface area contributed by atoms with E-state index < -0.39 is 9.84 Å². The second-order valence-electron chi connectivity index (χ2n) is 6.89. The average molecular weight is 314 g/mol. The minimum atomic E-state index is -2.97. The van der Waals surface area contributed by atoms with Crippen LogP contribution < -0.4 is 10.6 Å². The van der Waals surface area contributed by atoms with Crippen molar-refractivity contribution in [2.45, 2.75) is 62.7 Å². The topological polar surface area (TPSA) is 75.3 Å². The van der Waals surface area contributed by atoms with Gasteiger partial charge in [-0.1, -0.05) is 32.1 Å². The van der Waals surface area contributed by atoms with Crippen molar-refractivity contribution in [3.63, 3.8) is 0 Å². The summed E-state index contributed by atoms with van der Waals surface area (Å²) in [5.74, 6) is 1.72. The van der Waals surface area contributed by atoms with Gasteiger partial charge < -0.3 is 10.6 Å². The van der Waals surface area contributed by atoms with E-state index >= 15 is 0 Å². The number of amides is 2. The van der Waals surface area contributed by atoms with Crippen LogP contribution in [0.1, 0.15) is 51.4 Å². The summed E-state index contributed by atoms with van der Waals surface area (Å²) in [6, 6.07) is 0.119. The van der Waals surface area contributed by atoms with Crippen LogP contribution in [0.5, 0.6) is 0 Å². The zero-order chi connectivity index (χ0) is 14.9. The molecule has 1 aliphatic heterocycles. The SMILES string of the molecule is O=C(NC[C@@H]1CCCS1(=O)=O)N[C@@H]1C[C@@H]1C1CCCCC1. The first kappa shape index (κ1) is 15.1. The van der Waals surface area contributed by atoms with E-state index in [1.807, 2.05) is 0 Å². The van der Waals surface area contributed by atoms with Gasteiger partial charge in [-0.05, 0) is 31.1 Å². The van der Waals surface area contributed by atoms with Gasteiger partial charge in [-0.3, -0.25) is 0 Å². The summed E-state index contributed by atoms with van der Waals surface area (Å²) in [5.41, 5.74) is 0. The molecule has 0 bridgehead atoms. The summed E-state index contributed by atoms with van der Waals surface area (Å²) in [6.45, 7) is 0.259. The van der Waals surface area contributed by atoms with Crippen molar-refractivity contribution in [3.05, 3.63) is 0 Å². The molecule has 1 saturated heterocycles. The van der Waals surface area contributed by atoms with Crippen LogP contribution in [-0.4, -0.2) is 38.0 Å². The fourth-order valence-corrected chi connectivity index (χ4v) is 5.74. The Morgan fingerprint density at radius 2 is 1.81 bits per heavy atom. The lowest BCUT2D eigenvalue weighted by Crippen LogP contribution is -2.42. The van der Waals surface area contributed by atoms with Crippen molar-refractivity contribution < 1.29 is 13.2 Å². The molecular weight excluding hydrogens is 288 g/mol. The summed E-state index contributed by atoms with van der Waals surface area (Å²) in [5, 5.41) is 5.38. The van der Waals surface area contributed by atoms with Crippen molar-refractivity contribution >= 4 is 15.9 Å². The first-order chi connectivity index (χ1) is 10.1. The molecule has 3 fully saturated rings. The Hall–Kier alpha value is -0.780. The van der Waals surface area contributed by atoms with Crippen molar-refractivity contribution in [2.24, 2.45) is 11.8 Å². The minimum absolute atomic E-state index is 0.194. The maximum absolute atomic E-state index is 11.9. The van der Waals surface area contributed by atoms with E-state index in [0.29, 0.717) is 18.4 Å². The highest BCUT2D eigenvalue weighted by Gasteiger charge is 2.43. The largest absolute Gasteiger partial charge is 0.337 e. The molecule has 0 unspecified atom stereocenters. The van der Waals surface area contributed by atoms with Crippen molar-refractivity contribution in [2.75, 3.05) is 12.3 Å². The summed E-state index contributed by atoms with van der Waals surface area (Å²) in [4.78, 5) is 11.9. The molecule has 2 N–H and O–H groups in total. The number of hydrogen-bond acceptors (Lipinski definition) is 3. The van der Waals surface area contributed by atoms with Crippen LogP contribution in [0.3, 0.4) is 0 Å². The average Bonchev–Trinajstić information content (AvgIpc) is 3.13. The van der Waals surface area contributed by atoms with Crippen LogP contribution in [0, 0.1) is 11.8 Å². The van der Waals surface area contributed by atoms with E-state index in [2.05, 4.69) is 10.6 Å². The van der Waals surface area contributed by atoms with Crippen LogP contribution in [-0.2, 0) is 9.84 Å². The van der Waals surface area contributed by atoms with E-state index in [9.17, 15) is 13.2 Å². The molecule has 21 heavy (non-hydrogen) atoms. The molecular formula is C15H26N2O3S. The normalized spacial score (nSPS) is 35.3. The van der Waals surface area contributed by atoms with Gasteiger partial charge in [0, 0.05) is 12.6 Å². The fraction of sp³-hybridized carbons (Fsp3) is 0.933. The van der Waals surface area contributed by atoms with Gasteiger partial charge in [-0.15, -0.1) is 0 Å². The molecule has 3 aliphatic rings. The fourth-order valence-electron chi connectivity index (χ4n) is 3.98. The van der Waals surface area contributed by atoms with Gasteiger partial charge in [0.15, 0.2) is 9.84 Å². The maximum atomic E-state index is 11.9. The third-order valence-electron chi connectivity index (χ3n) is 5.36. The van der Waals surface area contributed by atoms with Crippen LogP contribution in [0.4, 0.5) is 4.79 Å². The van der Waals surface area contributed by atoms with Gasteiger partial charge in [0.05, 0.1) is 11.0 Å². The lowest BCUT2D eigenvalue weighted by Gasteiger charge is -2.21. The van der Waals surface area contributed by atoms with E-state index in [4.69, 9.17) is 0 Å². The smallest absolute Gasteiger partial charge is 0.315 e. The summed E-state index contributed by atoms with van der Waals surface area (Å²) < 4.78 is 23.4. The molecule has 2 aliphatic carbocycles. The van der Waals surface area contributed by atoms with Crippen molar-refractivity contribution in [1.29, 1.82) is 0 Å². The molecule has 5 nitrogen and oxygen atoms in total. The van der Waals surface area contributed by atoms with Crippen LogP contribution in [0.25, 0.3) is 0 Å². The molecule has 0 aromatic carbocycles. The first-order valence-corrected chi connectivity index (χ1v) is 10.0. The lowest BCUT2D eigenvalue weighted by molar-refractivity contribution is 0.238. The molecule has 120 valence electrons. The zero-order valence-electron chi connectivity index (χ0n) is 12.5. The molecule has 3 rings (SSSR count). The Bertz CT molecular complexity index is 485. The standard InChI is InChI=1S/C15H26N2O3S/c18-15(16-10-12-7-4-8-21(12,19)20)17-14-9-13(14)11-5-2-1-3-6-11/h11-14H,1-10H2,(H2,16,17,18)/t12-,13+,14+/m0/s1. The number of carbonyl (C=O) groups excluding carboxylic acids is 1. The Balaban J connectivity index is 1.37. The van der Waals surface area contributed by atoms with Gasteiger partial charge in [0.25, 0.3) is 0 Å². The Labute approximate surface area is 127 Å². The third-order valence-corrected chi connectivity index (χ3v) is 7.64. The summed E-state index contributed by atoms with van der Waals surface area (Å²) in [6.07, 6.45) is 9.14. The van der Waals surface area contributed by atoms with Crippen LogP contribution >= 0.6 is 0 Å². The molecule has 0 aromatic heterocycles. The third kappa shape index (κ3) is 3.71. The number of hydrogen-bond donors (Lipinski definition) is 2. The number of urea groups is 1. The molecule has 0 aromatic rings. The van der Waals surface area contributed by atoms with Gasteiger partial charge in [-0.2, -0.15) is 0 Å². The predicted octanol–water partition coefficient (Wildman–Crippen LogP) is 1.83. The highest BCUT2D eigenvalue weighted by Crippen LogP contribution is 2.44. The Kier molecular flexibility index (Phi) is 4.43. The number of nitrogens with one attached hydrogen (secondary N) is 2. The Morgan fingerprint density at radius 3 is 2.48 bits per heavy atom. The van der Waals surface area contributed by atoms with Gasteiger partial charge in [-0.25, -0.2) is 13.2 Å².